The summed E-state index contributed by atoms with van der Waals surface area (Å²) in [6.45, 7) is 0. The molecule has 3 N–H and O–H groups in total. The smallest absolute Gasteiger partial charge is 0.336 e. The second-order valence-electron chi connectivity index (χ2n) is 4.24. The second kappa shape index (κ2) is 5.41. The molecule has 2 rings (SSSR count). The van der Waals surface area contributed by atoms with Gasteiger partial charge in [-0.1, -0.05) is 12.1 Å². The summed E-state index contributed by atoms with van der Waals surface area (Å²) in [5.41, 5.74) is 5.55. The van der Waals surface area contributed by atoms with Gasteiger partial charge < -0.3 is 10.8 Å². The Morgan fingerprint density at radius 1 is 1.14 bits per heavy atom. The van der Waals surface area contributed by atoms with E-state index < -0.39 is 16.8 Å². The highest BCUT2D eigenvalue weighted by molar-refractivity contribution is 5.98. The van der Waals surface area contributed by atoms with Crippen LogP contribution >= 0.6 is 0 Å². The lowest BCUT2D eigenvalue weighted by Crippen LogP contribution is -2.10. The summed E-state index contributed by atoms with van der Waals surface area (Å²) in [5.74, 6) is -1.89. The zero-order valence-corrected chi connectivity index (χ0v) is 10.6. The highest BCUT2D eigenvalue weighted by atomic mass is 16.6. The van der Waals surface area contributed by atoms with Crippen LogP contribution in [0, 0.1) is 10.1 Å². The maximum Gasteiger partial charge on any atom is 0.336 e. The van der Waals surface area contributed by atoms with Crippen molar-refractivity contribution in [3.8, 4) is 11.1 Å². The molecule has 0 spiro atoms. The summed E-state index contributed by atoms with van der Waals surface area (Å²) >= 11 is 0. The Bertz CT molecular complexity index is 755. The number of carbonyl (C=O) groups excluding carboxylic acids is 1. The summed E-state index contributed by atoms with van der Waals surface area (Å²) in [7, 11) is 0. The molecule has 0 atom stereocenters. The predicted octanol–water partition coefficient (Wildman–Crippen LogP) is 2.06. The largest absolute Gasteiger partial charge is 0.478 e. The zero-order valence-electron chi connectivity index (χ0n) is 10.6. The Morgan fingerprint density at radius 3 is 2.43 bits per heavy atom. The molecule has 7 heteroatoms. The van der Waals surface area contributed by atoms with Crippen LogP contribution in [0.5, 0.6) is 0 Å². The first-order chi connectivity index (χ1) is 9.90. The average Bonchev–Trinajstić information content (AvgIpc) is 2.46. The van der Waals surface area contributed by atoms with E-state index in [2.05, 4.69) is 0 Å². The van der Waals surface area contributed by atoms with E-state index in [1.54, 1.807) is 6.07 Å². The highest BCUT2D eigenvalue weighted by Crippen LogP contribution is 2.28. The van der Waals surface area contributed by atoms with Gasteiger partial charge in [0.15, 0.2) is 0 Å². The summed E-state index contributed by atoms with van der Waals surface area (Å²) in [6, 6.07) is 9.39. The van der Waals surface area contributed by atoms with Crippen molar-refractivity contribution in [3.05, 3.63) is 63.7 Å². The maximum atomic E-state index is 11.2. The van der Waals surface area contributed by atoms with Gasteiger partial charge in [0, 0.05) is 23.3 Å². The van der Waals surface area contributed by atoms with E-state index in [9.17, 15) is 24.8 Å². The number of amides is 1. The van der Waals surface area contributed by atoms with Crippen molar-refractivity contribution in [2.24, 2.45) is 5.73 Å². The molecular weight excluding hydrogens is 276 g/mol. The predicted molar refractivity (Wildman–Crippen MR) is 74.0 cm³/mol. The number of benzene rings is 2. The number of carboxylic acids is 1. The molecule has 0 unspecified atom stereocenters. The Balaban J connectivity index is 2.68. The van der Waals surface area contributed by atoms with Crippen molar-refractivity contribution in [3.63, 3.8) is 0 Å². The molecule has 0 aliphatic carbocycles. The van der Waals surface area contributed by atoms with Crippen molar-refractivity contribution in [1.82, 2.24) is 0 Å². The van der Waals surface area contributed by atoms with Crippen molar-refractivity contribution in [2.75, 3.05) is 0 Å². The molecule has 7 nitrogen and oxygen atoms in total. The fraction of sp³-hybridized carbons (Fsp3) is 0. The Kier molecular flexibility index (Phi) is 3.66. The van der Waals surface area contributed by atoms with Gasteiger partial charge in [-0.15, -0.1) is 0 Å². The minimum atomic E-state index is -1.22. The lowest BCUT2D eigenvalue weighted by molar-refractivity contribution is -0.384. The topological polar surface area (TPSA) is 124 Å². The van der Waals surface area contributed by atoms with E-state index in [1.165, 1.54) is 18.2 Å². The van der Waals surface area contributed by atoms with Crippen LogP contribution in [0.4, 0.5) is 5.69 Å². The molecular formula is C14H10N2O5. The van der Waals surface area contributed by atoms with Crippen LogP contribution in [0.1, 0.15) is 20.7 Å². The molecule has 0 fully saturated rings. The zero-order chi connectivity index (χ0) is 15.6. The van der Waals surface area contributed by atoms with Gasteiger partial charge in [-0.2, -0.15) is 0 Å². The van der Waals surface area contributed by atoms with E-state index in [-0.39, 0.29) is 22.4 Å². The molecule has 106 valence electrons. The van der Waals surface area contributed by atoms with Gasteiger partial charge in [-0.25, -0.2) is 4.79 Å². The number of carbonyl (C=O) groups is 2. The van der Waals surface area contributed by atoms with Gasteiger partial charge in [-0.3, -0.25) is 14.9 Å². The summed E-state index contributed by atoms with van der Waals surface area (Å²) in [5, 5.41) is 20.0. The first-order valence-corrected chi connectivity index (χ1v) is 5.82. The van der Waals surface area contributed by atoms with Gasteiger partial charge in [0.25, 0.3) is 5.69 Å². The molecule has 0 saturated carbocycles. The number of rotatable bonds is 4. The molecule has 0 aromatic heterocycles. The number of nitro groups is 1. The quantitative estimate of drug-likeness (QED) is 0.657. The van der Waals surface area contributed by atoms with Crippen molar-refractivity contribution < 1.29 is 19.6 Å². The summed E-state index contributed by atoms with van der Waals surface area (Å²) < 4.78 is 0. The van der Waals surface area contributed by atoms with Crippen LogP contribution in [-0.2, 0) is 0 Å². The number of primary amides is 1. The van der Waals surface area contributed by atoms with Gasteiger partial charge in [0.1, 0.15) is 0 Å². The SMILES string of the molecule is NC(=O)c1cccc(-c2cc([N+](=O)[O-])ccc2C(=O)O)c1. The minimum absolute atomic E-state index is 0.0952. The fourth-order valence-corrected chi connectivity index (χ4v) is 1.91. The Morgan fingerprint density at radius 2 is 1.86 bits per heavy atom. The second-order valence-corrected chi connectivity index (χ2v) is 4.24. The third-order valence-electron chi connectivity index (χ3n) is 2.90. The third-order valence-corrected chi connectivity index (χ3v) is 2.90. The molecule has 0 bridgehead atoms. The summed E-state index contributed by atoms with van der Waals surface area (Å²) in [4.78, 5) is 32.6. The van der Waals surface area contributed by atoms with E-state index in [4.69, 9.17) is 5.73 Å². The molecule has 21 heavy (non-hydrogen) atoms. The number of carboxylic acid groups (broad SMARTS) is 1. The standard InChI is InChI=1S/C14H10N2O5/c15-13(17)9-3-1-2-8(6-9)12-7-10(16(20)21)4-5-11(12)14(18)19/h1-7H,(H2,15,17)(H,18,19). The fourth-order valence-electron chi connectivity index (χ4n) is 1.91. The highest BCUT2D eigenvalue weighted by Gasteiger charge is 2.17. The number of aromatic carboxylic acids is 1. The maximum absolute atomic E-state index is 11.2. The van der Waals surface area contributed by atoms with Gasteiger partial charge >= 0.3 is 5.97 Å². The average molecular weight is 286 g/mol. The Hall–Kier alpha value is -3.22. The Labute approximate surface area is 118 Å². The number of nitrogens with two attached hydrogens (primary N) is 1. The molecule has 0 aliphatic heterocycles. The van der Waals surface area contributed by atoms with Crippen LogP contribution in [-0.4, -0.2) is 21.9 Å². The van der Waals surface area contributed by atoms with Gasteiger partial charge in [-0.05, 0) is 23.8 Å². The minimum Gasteiger partial charge on any atom is -0.478 e. The molecule has 0 radical (unpaired) electrons. The van der Waals surface area contributed by atoms with Crippen LogP contribution in [0.3, 0.4) is 0 Å². The molecule has 1 amide bonds. The first kappa shape index (κ1) is 14.2. The lowest BCUT2D eigenvalue weighted by atomic mass is 9.97. The number of hydrogen-bond donors (Lipinski definition) is 2. The van der Waals surface area contributed by atoms with E-state index in [0.717, 1.165) is 18.2 Å². The lowest BCUT2D eigenvalue weighted by Gasteiger charge is -2.07. The molecule has 0 saturated heterocycles. The van der Waals surface area contributed by atoms with E-state index >= 15 is 0 Å². The summed E-state index contributed by atoms with van der Waals surface area (Å²) in [6.07, 6.45) is 0. The number of non-ortho nitro benzene ring substituents is 1. The number of nitrogens with zero attached hydrogens (tertiary/aromatic N) is 1. The molecule has 2 aromatic rings. The number of hydrogen-bond acceptors (Lipinski definition) is 4. The third kappa shape index (κ3) is 2.86. The van der Waals surface area contributed by atoms with Crippen LogP contribution < -0.4 is 5.73 Å². The van der Waals surface area contributed by atoms with Crippen LogP contribution in [0.2, 0.25) is 0 Å². The molecule has 2 aromatic carbocycles. The molecule has 0 heterocycles. The number of nitro benzene ring substituents is 1. The van der Waals surface area contributed by atoms with Crippen molar-refractivity contribution in [2.45, 2.75) is 0 Å². The van der Waals surface area contributed by atoms with Crippen LogP contribution in [0.15, 0.2) is 42.5 Å². The van der Waals surface area contributed by atoms with Gasteiger partial charge in [0.2, 0.25) is 5.91 Å². The van der Waals surface area contributed by atoms with E-state index in [1.807, 2.05) is 0 Å². The van der Waals surface area contributed by atoms with Crippen LogP contribution in [0.25, 0.3) is 11.1 Å². The van der Waals surface area contributed by atoms with Crippen molar-refractivity contribution >= 4 is 17.6 Å². The van der Waals surface area contributed by atoms with Crippen molar-refractivity contribution in [1.29, 1.82) is 0 Å². The van der Waals surface area contributed by atoms with E-state index in [0.29, 0.717) is 5.56 Å². The first-order valence-electron chi connectivity index (χ1n) is 5.82. The normalized spacial score (nSPS) is 10.1. The molecule has 0 aliphatic rings. The van der Waals surface area contributed by atoms with Gasteiger partial charge in [0.05, 0.1) is 10.5 Å². The monoisotopic (exact) mass is 286 g/mol.